The number of aromatic nitrogens is 1. The average molecular weight is 263 g/mol. The molecule has 1 heterocycles. The van der Waals surface area contributed by atoms with Gasteiger partial charge >= 0.3 is 0 Å². The standard InChI is InChI=1S/C10H15ClN2O2S/c1-13(5-6-16(2,14)15)8-9-3-4-10(11)12-7-9/h3-4,7H,5-6,8H2,1-2H3. The summed E-state index contributed by atoms with van der Waals surface area (Å²) in [5.74, 6) is 0.171. The summed E-state index contributed by atoms with van der Waals surface area (Å²) < 4.78 is 22.0. The van der Waals surface area contributed by atoms with E-state index < -0.39 is 9.84 Å². The molecule has 0 bridgehead atoms. The maximum absolute atomic E-state index is 11.0. The normalized spacial score (nSPS) is 12.0. The largest absolute Gasteiger partial charge is 0.301 e. The van der Waals surface area contributed by atoms with Crippen molar-refractivity contribution in [3.05, 3.63) is 29.0 Å². The molecule has 0 atom stereocenters. The SMILES string of the molecule is CN(CCS(C)(=O)=O)Cc1ccc(Cl)nc1. The highest BCUT2D eigenvalue weighted by Gasteiger charge is 2.06. The van der Waals surface area contributed by atoms with Crippen molar-refractivity contribution < 1.29 is 8.42 Å². The van der Waals surface area contributed by atoms with Crippen LogP contribution in [0.15, 0.2) is 18.3 Å². The summed E-state index contributed by atoms with van der Waals surface area (Å²) in [6.45, 7) is 1.18. The zero-order valence-corrected chi connectivity index (χ0v) is 10.9. The molecule has 16 heavy (non-hydrogen) atoms. The second-order valence-electron chi connectivity index (χ2n) is 3.86. The number of pyridine rings is 1. The van der Waals surface area contributed by atoms with Gasteiger partial charge in [0.15, 0.2) is 0 Å². The van der Waals surface area contributed by atoms with E-state index in [4.69, 9.17) is 11.6 Å². The Kier molecular flexibility index (Phi) is 4.70. The molecular weight excluding hydrogens is 248 g/mol. The fourth-order valence-corrected chi connectivity index (χ4v) is 1.97. The highest BCUT2D eigenvalue weighted by Crippen LogP contribution is 2.07. The lowest BCUT2D eigenvalue weighted by molar-refractivity contribution is 0.346. The molecule has 0 saturated carbocycles. The molecule has 0 aliphatic rings. The molecule has 90 valence electrons. The number of nitrogens with zero attached hydrogens (tertiary/aromatic N) is 2. The van der Waals surface area contributed by atoms with E-state index >= 15 is 0 Å². The first-order valence-electron chi connectivity index (χ1n) is 4.83. The van der Waals surface area contributed by atoms with Gasteiger partial charge in [-0.25, -0.2) is 13.4 Å². The minimum atomic E-state index is -2.90. The van der Waals surface area contributed by atoms with Gasteiger partial charge in [-0.15, -0.1) is 0 Å². The molecule has 0 aromatic carbocycles. The molecule has 0 fully saturated rings. The van der Waals surface area contributed by atoms with E-state index in [9.17, 15) is 8.42 Å². The quantitative estimate of drug-likeness (QED) is 0.749. The van der Waals surface area contributed by atoms with Crippen molar-refractivity contribution in [2.45, 2.75) is 6.54 Å². The number of rotatable bonds is 5. The van der Waals surface area contributed by atoms with Gasteiger partial charge < -0.3 is 4.90 Å². The zero-order valence-electron chi connectivity index (χ0n) is 9.35. The third-order valence-electron chi connectivity index (χ3n) is 2.08. The number of halogens is 1. The summed E-state index contributed by atoms with van der Waals surface area (Å²) in [6, 6.07) is 3.60. The van der Waals surface area contributed by atoms with E-state index in [-0.39, 0.29) is 5.75 Å². The number of hydrogen-bond acceptors (Lipinski definition) is 4. The van der Waals surface area contributed by atoms with Crippen LogP contribution in [0.2, 0.25) is 5.15 Å². The fraction of sp³-hybridized carbons (Fsp3) is 0.500. The Hall–Kier alpha value is -0.650. The number of sulfone groups is 1. The third kappa shape index (κ3) is 5.44. The molecule has 1 aromatic heterocycles. The van der Waals surface area contributed by atoms with E-state index in [0.717, 1.165) is 5.56 Å². The van der Waals surface area contributed by atoms with Gasteiger partial charge in [-0.2, -0.15) is 0 Å². The first kappa shape index (κ1) is 13.4. The fourth-order valence-electron chi connectivity index (χ4n) is 1.21. The zero-order chi connectivity index (χ0) is 12.2. The average Bonchev–Trinajstić information content (AvgIpc) is 2.18. The molecular formula is C10H15ClN2O2S. The van der Waals surface area contributed by atoms with Gasteiger partial charge in [0.25, 0.3) is 0 Å². The lowest BCUT2D eigenvalue weighted by atomic mass is 10.3. The monoisotopic (exact) mass is 262 g/mol. The van der Waals surface area contributed by atoms with Crippen LogP contribution in [0.1, 0.15) is 5.56 Å². The van der Waals surface area contributed by atoms with Crippen LogP contribution in [0.25, 0.3) is 0 Å². The molecule has 6 heteroatoms. The Morgan fingerprint density at radius 3 is 2.62 bits per heavy atom. The van der Waals surface area contributed by atoms with Gasteiger partial charge in [0.2, 0.25) is 0 Å². The Morgan fingerprint density at radius 2 is 2.12 bits per heavy atom. The van der Waals surface area contributed by atoms with Crippen LogP contribution in [-0.2, 0) is 16.4 Å². The minimum Gasteiger partial charge on any atom is -0.301 e. The smallest absolute Gasteiger partial charge is 0.148 e. The molecule has 0 saturated heterocycles. The Labute approximate surface area is 101 Å². The van der Waals surface area contributed by atoms with Gasteiger partial charge in [0, 0.05) is 25.5 Å². The van der Waals surface area contributed by atoms with Gasteiger partial charge in [-0.1, -0.05) is 17.7 Å². The summed E-state index contributed by atoms with van der Waals surface area (Å²) >= 11 is 5.67. The summed E-state index contributed by atoms with van der Waals surface area (Å²) in [5.41, 5.74) is 1.01. The summed E-state index contributed by atoms with van der Waals surface area (Å²) in [5, 5.41) is 0.461. The lowest BCUT2D eigenvalue weighted by Crippen LogP contribution is -2.24. The molecule has 0 N–H and O–H groups in total. The molecule has 0 aliphatic heterocycles. The second kappa shape index (κ2) is 5.61. The van der Waals surface area contributed by atoms with E-state index in [1.165, 1.54) is 6.26 Å². The van der Waals surface area contributed by atoms with E-state index in [0.29, 0.717) is 18.2 Å². The summed E-state index contributed by atoms with van der Waals surface area (Å²) in [4.78, 5) is 5.90. The second-order valence-corrected chi connectivity index (χ2v) is 6.50. The Balaban J connectivity index is 2.45. The molecule has 1 aromatic rings. The van der Waals surface area contributed by atoms with Crippen LogP contribution in [0.3, 0.4) is 0 Å². The van der Waals surface area contributed by atoms with Crippen molar-refractivity contribution >= 4 is 21.4 Å². The van der Waals surface area contributed by atoms with E-state index in [1.807, 2.05) is 18.0 Å². The van der Waals surface area contributed by atoms with Gasteiger partial charge in [-0.3, -0.25) is 0 Å². The van der Waals surface area contributed by atoms with E-state index in [1.54, 1.807) is 12.3 Å². The Bertz CT molecular complexity index is 431. The van der Waals surface area contributed by atoms with E-state index in [2.05, 4.69) is 4.98 Å². The first-order chi connectivity index (χ1) is 7.37. The van der Waals surface area contributed by atoms with Crippen molar-refractivity contribution in [2.24, 2.45) is 0 Å². The van der Waals surface area contributed by atoms with Crippen LogP contribution >= 0.6 is 11.6 Å². The highest BCUT2D eigenvalue weighted by molar-refractivity contribution is 7.90. The molecule has 4 nitrogen and oxygen atoms in total. The maximum Gasteiger partial charge on any atom is 0.148 e. The highest BCUT2D eigenvalue weighted by atomic mass is 35.5. The lowest BCUT2D eigenvalue weighted by Gasteiger charge is -2.15. The summed E-state index contributed by atoms with van der Waals surface area (Å²) in [6.07, 6.45) is 2.93. The minimum absolute atomic E-state index is 0.171. The van der Waals surface area contributed by atoms with Crippen LogP contribution in [0, 0.1) is 0 Å². The van der Waals surface area contributed by atoms with Crippen molar-refractivity contribution in [2.75, 3.05) is 25.6 Å². The van der Waals surface area contributed by atoms with Crippen molar-refractivity contribution in [3.63, 3.8) is 0 Å². The van der Waals surface area contributed by atoms with Crippen molar-refractivity contribution in [1.82, 2.24) is 9.88 Å². The Morgan fingerprint density at radius 1 is 1.44 bits per heavy atom. The topological polar surface area (TPSA) is 50.3 Å². The number of hydrogen-bond donors (Lipinski definition) is 0. The van der Waals surface area contributed by atoms with Crippen molar-refractivity contribution in [1.29, 1.82) is 0 Å². The molecule has 0 aliphatic carbocycles. The van der Waals surface area contributed by atoms with Crippen LogP contribution in [0.4, 0.5) is 0 Å². The van der Waals surface area contributed by atoms with Crippen LogP contribution in [0.5, 0.6) is 0 Å². The molecule has 0 unspecified atom stereocenters. The summed E-state index contributed by atoms with van der Waals surface area (Å²) in [7, 11) is -1.02. The predicted molar refractivity (Wildman–Crippen MR) is 65.3 cm³/mol. The van der Waals surface area contributed by atoms with Gasteiger partial charge in [-0.05, 0) is 18.7 Å². The van der Waals surface area contributed by atoms with Crippen molar-refractivity contribution in [3.8, 4) is 0 Å². The molecule has 0 radical (unpaired) electrons. The predicted octanol–water partition coefficient (Wildman–Crippen LogP) is 1.21. The van der Waals surface area contributed by atoms with Crippen LogP contribution in [-0.4, -0.2) is 43.9 Å². The van der Waals surface area contributed by atoms with Crippen LogP contribution < -0.4 is 0 Å². The molecule has 1 rings (SSSR count). The molecule has 0 spiro atoms. The first-order valence-corrected chi connectivity index (χ1v) is 7.27. The maximum atomic E-state index is 11.0. The third-order valence-corrected chi connectivity index (χ3v) is 3.23. The molecule has 0 amide bonds. The van der Waals surface area contributed by atoms with Gasteiger partial charge in [0.05, 0.1) is 5.75 Å². The van der Waals surface area contributed by atoms with Gasteiger partial charge in [0.1, 0.15) is 15.0 Å².